The van der Waals surface area contributed by atoms with E-state index in [9.17, 15) is 18.5 Å². The number of rotatable bonds is 8. The first-order valence-corrected chi connectivity index (χ1v) is 8.30. The average molecular weight is 403 g/mol. The molecule has 0 radical (unpaired) electrons. The Bertz CT molecular complexity index is 583. The first kappa shape index (κ1) is 20.3. The number of halogens is 2. The highest BCUT2D eigenvalue weighted by Crippen LogP contribution is 2.27. The quantitative estimate of drug-likeness (QED) is 0.394. The van der Waals surface area contributed by atoms with Crippen molar-refractivity contribution in [2.24, 2.45) is 0 Å². The van der Waals surface area contributed by atoms with E-state index in [4.69, 9.17) is 0 Å². The fourth-order valence-electron chi connectivity index (χ4n) is 1.51. The normalized spacial score (nSPS) is 11.0. The van der Waals surface area contributed by atoms with Gasteiger partial charge >= 0.3 is 0 Å². The number of nitrogens with one attached hydrogen (secondary N) is 2. The van der Waals surface area contributed by atoms with Crippen LogP contribution in [0.25, 0.3) is 0 Å². The lowest BCUT2D eigenvalue weighted by Crippen LogP contribution is -2.32. The fraction of sp³-hybridized carbons (Fsp3) is 0.455. The predicted octanol–water partition coefficient (Wildman–Crippen LogP) is 2.06. The maximum atomic E-state index is 12.0. The molecule has 0 aromatic heterocycles. The molecule has 0 bridgehead atoms. The van der Waals surface area contributed by atoms with Crippen molar-refractivity contribution in [3.63, 3.8) is 0 Å². The summed E-state index contributed by atoms with van der Waals surface area (Å²) in [6, 6.07) is 3.84. The third-order valence-corrected chi connectivity index (χ3v) is 4.43. The molecular weight excluding hydrogens is 386 g/mol. The molecule has 0 heterocycles. The van der Waals surface area contributed by atoms with Crippen molar-refractivity contribution in [2.45, 2.75) is 18.2 Å². The number of nitrogens with zero attached hydrogens (tertiary/aromatic N) is 1. The predicted molar refractivity (Wildman–Crippen MR) is 86.4 cm³/mol. The molecule has 0 aliphatic rings. The van der Waals surface area contributed by atoms with Crippen LogP contribution < -0.4 is 10.0 Å². The van der Waals surface area contributed by atoms with Crippen molar-refractivity contribution in [2.75, 3.05) is 19.6 Å². The van der Waals surface area contributed by atoms with Crippen molar-refractivity contribution in [1.82, 2.24) is 10.0 Å². The van der Waals surface area contributed by atoms with Crippen LogP contribution in [0.15, 0.2) is 27.6 Å². The monoisotopic (exact) mass is 401 g/mol. The lowest BCUT2D eigenvalue weighted by Gasteiger charge is -2.08. The Labute approximate surface area is 138 Å². The second kappa shape index (κ2) is 9.31. The second-order valence-corrected chi connectivity index (χ2v) is 6.67. The summed E-state index contributed by atoms with van der Waals surface area (Å²) >= 11 is 3.08. The standard InChI is InChI=1S/C11H16BrN3O4S.ClH/c1-2-5-13-6-7-14-20(18,19)11-4-3-9(12)8-10(11)15(16)17;/h3-4,8,13-14H,2,5-7H2,1H3;1H. The molecule has 0 amide bonds. The van der Waals surface area contributed by atoms with Gasteiger partial charge in [0.05, 0.1) is 4.92 Å². The van der Waals surface area contributed by atoms with Crippen molar-refractivity contribution >= 4 is 44.0 Å². The first-order valence-electron chi connectivity index (χ1n) is 6.03. The number of benzene rings is 1. The minimum absolute atomic E-state index is 0. The molecular formula is C11H17BrClN3O4S. The summed E-state index contributed by atoms with van der Waals surface area (Å²) in [4.78, 5) is 9.87. The summed E-state index contributed by atoms with van der Waals surface area (Å²) in [5.74, 6) is 0. The Hall–Kier alpha value is -0.740. The molecule has 7 nitrogen and oxygen atoms in total. The molecule has 0 spiro atoms. The molecule has 0 saturated carbocycles. The summed E-state index contributed by atoms with van der Waals surface area (Å²) in [6.45, 7) is 3.44. The van der Waals surface area contributed by atoms with Gasteiger partial charge in [-0.15, -0.1) is 12.4 Å². The van der Waals surface area contributed by atoms with Gasteiger partial charge in [0.2, 0.25) is 10.0 Å². The molecule has 21 heavy (non-hydrogen) atoms. The topological polar surface area (TPSA) is 101 Å². The van der Waals surface area contributed by atoms with Crippen LogP contribution in [0.1, 0.15) is 13.3 Å². The van der Waals surface area contributed by atoms with Crippen LogP contribution in [0.4, 0.5) is 5.69 Å². The van der Waals surface area contributed by atoms with Gasteiger partial charge in [-0.1, -0.05) is 22.9 Å². The molecule has 0 unspecified atom stereocenters. The molecule has 1 rings (SSSR count). The molecule has 10 heteroatoms. The number of hydrogen-bond acceptors (Lipinski definition) is 5. The van der Waals surface area contributed by atoms with Crippen LogP contribution in [-0.4, -0.2) is 33.0 Å². The lowest BCUT2D eigenvalue weighted by molar-refractivity contribution is -0.387. The maximum Gasteiger partial charge on any atom is 0.290 e. The van der Waals surface area contributed by atoms with Gasteiger partial charge in [0, 0.05) is 23.6 Å². The molecule has 0 aliphatic carbocycles. The number of sulfonamides is 1. The zero-order chi connectivity index (χ0) is 15.2. The highest BCUT2D eigenvalue weighted by atomic mass is 79.9. The van der Waals surface area contributed by atoms with Crippen LogP contribution in [-0.2, 0) is 10.0 Å². The fourth-order valence-corrected chi connectivity index (χ4v) is 3.05. The molecule has 2 N–H and O–H groups in total. The van der Waals surface area contributed by atoms with Crippen LogP contribution in [0, 0.1) is 10.1 Å². The number of nitro groups is 1. The van der Waals surface area contributed by atoms with Crippen LogP contribution in [0.3, 0.4) is 0 Å². The van der Waals surface area contributed by atoms with Gasteiger partial charge in [-0.2, -0.15) is 0 Å². The van der Waals surface area contributed by atoms with E-state index in [1.165, 1.54) is 18.2 Å². The van der Waals surface area contributed by atoms with Crippen molar-refractivity contribution in [3.8, 4) is 0 Å². The van der Waals surface area contributed by atoms with E-state index in [2.05, 4.69) is 26.0 Å². The third kappa shape index (κ3) is 6.27. The van der Waals surface area contributed by atoms with Crippen molar-refractivity contribution in [3.05, 3.63) is 32.8 Å². The summed E-state index contributed by atoms with van der Waals surface area (Å²) in [7, 11) is -3.89. The minimum Gasteiger partial charge on any atom is -0.315 e. The largest absolute Gasteiger partial charge is 0.315 e. The average Bonchev–Trinajstić information content (AvgIpc) is 2.38. The van der Waals surface area contributed by atoms with Gasteiger partial charge in [0.25, 0.3) is 5.69 Å². The Morgan fingerprint density at radius 3 is 2.52 bits per heavy atom. The van der Waals surface area contributed by atoms with E-state index in [-0.39, 0.29) is 23.8 Å². The van der Waals surface area contributed by atoms with Crippen molar-refractivity contribution < 1.29 is 13.3 Å². The van der Waals surface area contributed by atoms with Gasteiger partial charge in [0.1, 0.15) is 0 Å². The molecule has 0 fully saturated rings. The van der Waals surface area contributed by atoms with Gasteiger partial charge in [-0.3, -0.25) is 10.1 Å². The van der Waals surface area contributed by atoms with E-state index >= 15 is 0 Å². The summed E-state index contributed by atoms with van der Waals surface area (Å²) in [6.07, 6.45) is 0.949. The Morgan fingerprint density at radius 1 is 1.29 bits per heavy atom. The van der Waals surface area contributed by atoms with Crippen molar-refractivity contribution in [1.29, 1.82) is 0 Å². The SMILES string of the molecule is CCCNCCNS(=O)(=O)c1ccc(Br)cc1[N+](=O)[O-].Cl. The van der Waals surface area contributed by atoms with E-state index in [1.54, 1.807) is 0 Å². The smallest absolute Gasteiger partial charge is 0.290 e. The van der Waals surface area contributed by atoms with Crippen LogP contribution in [0.5, 0.6) is 0 Å². The Kier molecular flexibility index (Phi) is 8.98. The first-order chi connectivity index (χ1) is 9.38. The van der Waals surface area contributed by atoms with Gasteiger partial charge in [-0.25, -0.2) is 13.1 Å². The van der Waals surface area contributed by atoms with E-state index in [0.717, 1.165) is 13.0 Å². The third-order valence-electron chi connectivity index (χ3n) is 2.43. The molecule has 0 saturated heterocycles. The summed E-state index contributed by atoms with van der Waals surface area (Å²) < 4.78 is 26.9. The molecule has 1 aromatic carbocycles. The van der Waals surface area contributed by atoms with E-state index in [0.29, 0.717) is 11.0 Å². The van der Waals surface area contributed by atoms with Gasteiger partial charge < -0.3 is 5.32 Å². The van der Waals surface area contributed by atoms with Crippen LogP contribution >= 0.6 is 28.3 Å². The summed E-state index contributed by atoms with van der Waals surface area (Å²) in [5.41, 5.74) is -0.451. The molecule has 1 aromatic rings. The highest BCUT2D eigenvalue weighted by Gasteiger charge is 2.25. The van der Waals surface area contributed by atoms with E-state index < -0.39 is 20.6 Å². The van der Waals surface area contributed by atoms with Gasteiger partial charge in [-0.05, 0) is 25.1 Å². The van der Waals surface area contributed by atoms with E-state index in [1.807, 2.05) is 6.92 Å². The Morgan fingerprint density at radius 2 is 1.95 bits per heavy atom. The summed E-state index contributed by atoms with van der Waals surface area (Å²) in [5, 5.41) is 14.0. The van der Waals surface area contributed by atoms with Gasteiger partial charge in [0.15, 0.2) is 4.90 Å². The highest BCUT2D eigenvalue weighted by molar-refractivity contribution is 9.10. The minimum atomic E-state index is -3.89. The maximum absolute atomic E-state index is 12.0. The zero-order valence-electron chi connectivity index (χ0n) is 11.3. The lowest BCUT2D eigenvalue weighted by atomic mass is 10.3. The molecule has 120 valence electrons. The zero-order valence-corrected chi connectivity index (χ0v) is 14.6. The number of hydrogen-bond donors (Lipinski definition) is 2. The second-order valence-electron chi connectivity index (χ2n) is 4.02. The Balaban J connectivity index is 0.00000400. The molecule has 0 atom stereocenters. The van der Waals surface area contributed by atoms with Crippen LogP contribution in [0.2, 0.25) is 0 Å². The molecule has 0 aliphatic heterocycles. The number of nitro benzene ring substituents is 1.